The number of hydrogen-bond acceptors (Lipinski definition) is 3. The van der Waals surface area contributed by atoms with Gasteiger partial charge in [-0.05, 0) is 26.1 Å². The van der Waals surface area contributed by atoms with Crippen LogP contribution in [0.15, 0.2) is 22.8 Å². The molecule has 0 unspecified atom stereocenters. The fourth-order valence-corrected chi connectivity index (χ4v) is 2.85. The monoisotopic (exact) mass is 239 g/mol. The van der Waals surface area contributed by atoms with E-state index in [1.807, 2.05) is 0 Å². The van der Waals surface area contributed by atoms with Crippen molar-refractivity contribution in [3.05, 3.63) is 12.8 Å². The van der Waals surface area contributed by atoms with Crippen molar-refractivity contribution in [2.45, 2.75) is 31.0 Å². The zero-order chi connectivity index (χ0) is 12.3. The molecule has 2 aliphatic rings. The van der Waals surface area contributed by atoms with Crippen LogP contribution in [0.3, 0.4) is 0 Å². The molecule has 0 bridgehead atoms. The fourth-order valence-electron chi connectivity index (χ4n) is 2.85. The Hall–Kier alpha value is -1.23. The lowest BCUT2D eigenvalue weighted by molar-refractivity contribution is 0.106. The Bertz CT molecular complexity index is 345. The minimum atomic E-state index is -0.740. The molecule has 5 heteroatoms. The van der Waals surface area contributed by atoms with Crippen LogP contribution in [-0.4, -0.2) is 49.0 Å². The molecule has 0 amide bonds. The number of ether oxygens (including phenoxy) is 1. The van der Waals surface area contributed by atoms with Gasteiger partial charge in [-0.1, -0.05) is 6.58 Å². The number of fused-ring (bicyclic) bond motifs is 1. The first kappa shape index (κ1) is 12.2. The van der Waals surface area contributed by atoms with Crippen LogP contribution in [0.5, 0.6) is 0 Å². The van der Waals surface area contributed by atoms with Crippen molar-refractivity contribution in [3.8, 4) is 0 Å². The topological polar surface area (TPSA) is 37.2 Å². The van der Waals surface area contributed by atoms with E-state index in [4.69, 9.17) is 4.74 Å². The van der Waals surface area contributed by atoms with Gasteiger partial charge < -0.3 is 4.74 Å². The third kappa shape index (κ3) is 2.39. The lowest BCUT2D eigenvalue weighted by Gasteiger charge is -2.30. The summed E-state index contributed by atoms with van der Waals surface area (Å²) in [7, 11) is 0. The highest BCUT2D eigenvalue weighted by molar-refractivity contribution is 5.79. The van der Waals surface area contributed by atoms with Gasteiger partial charge in [0.25, 0.3) is 0 Å². The van der Waals surface area contributed by atoms with Crippen molar-refractivity contribution in [1.29, 1.82) is 0 Å². The number of alkyl halides is 1. The maximum absolute atomic E-state index is 13.5. The molecule has 0 aromatic rings. The Morgan fingerprint density at radius 3 is 3.18 bits per heavy atom. The van der Waals surface area contributed by atoms with E-state index in [9.17, 15) is 4.39 Å². The molecule has 0 aliphatic carbocycles. The van der Waals surface area contributed by atoms with Crippen LogP contribution in [0, 0.1) is 0 Å². The molecule has 2 saturated heterocycles. The Morgan fingerprint density at radius 1 is 1.65 bits per heavy atom. The zero-order valence-corrected chi connectivity index (χ0v) is 9.94. The molecule has 2 heterocycles. The summed E-state index contributed by atoms with van der Waals surface area (Å²) < 4.78 is 19.0. The molecule has 0 spiro atoms. The summed E-state index contributed by atoms with van der Waals surface area (Å²) in [6.45, 7) is 8.77. The van der Waals surface area contributed by atoms with E-state index in [0.29, 0.717) is 19.6 Å². The van der Waals surface area contributed by atoms with Gasteiger partial charge >= 0.3 is 6.02 Å². The molecular weight excluding hydrogens is 221 g/mol. The highest BCUT2D eigenvalue weighted by Crippen LogP contribution is 2.40. The summed E-state index contributed by atoms with van der Waals surface area (Å²) in [5, 5.41) is 0. The van der Waals surface area contributed by atoms with E-state index >= 15 is 0 Å². The first-order valence-electron chi connectivity index (χ1n) is 5.87. The van der Waals surface area contributed by atoms with Gasteiger partial charge in [0.2, 0.25) is 0 Å². The van der Waals surface area contributed by atoms with Crippen molar-refractivity contribution < 1.29 is 9.13 Å². The van der Waals surface area contributed by atoms with Crippen molar-refractivity contribution in [3.63, 3.8) is 0 Å². The maximum atomic E-state index is 13.5. The molecule has 0 aromatic carbocycles. The Kier molecular flexibility index (Phi) is 3.57. The van der Waals surface area contributed by atoms with Gasteiger partial charge in [-0.2, -0.15) is 0 Å². The Balaban J connectivity index is 1.99. The second kappa shape index (κ2) is 4.96. The Morgan fingerprint density at radius 2 is 2.47 bits per heavy atom. The molecule has 4 nitrogen and oxygen atoms in total. The summed E-state index contributed by atoms with van der Waals surface area (Å²) in [6.07, 6.45) is 3.25. The van der Waals surface area contributed by atoms with Crippen LogP contribution in [0.1, 0.15) is 19.3 Å². The van der Waals surface area contributed by atoms with E-state index in [1.54, 1.807) is 0 Å². The summed E-state index contributed by atoms with van der Waals surface area (Å²) >= 11 is 0. The normalized spacial score (nSPS) is 33.5. The largest absolute Gasteiger partial charge is 0.462 e. The molecule has 0 radical (unpaired) electrons. The molecule has 2 fully saturated rings. The predicted octanol–water partition coefficient (Wildman–Crippen LogP) is 1.78. The van der Waals surface area contributed by atoms with E-state index < -0.39 is 6.17 Å². The van der Waals surface area contributed by atoms with Crippen LogP contribution in [0.4, 0.5) is 4.39 Å². The number of amidine groups is 1. The maximum Gasteiger partial charge on any atom is 0.315 e. The molecular formula is C12H18FN3O. The molecule has 2 aliphatic heterocycles. The summed E-state index contributed by atoms with van der Waals surface area (Å²) in [5.74, 6) is 0. The van der Waals surface area contributed by atoms with E-state index in [1.165, 1.54) is 6.20 Å². The van der Waals surface area contributed by atoms with Gasteiger partial charge in [-0.3, -0.25) is 4.90 Å². The molecule has 17 heavy (non-hydrogen) atoms. The molecule has 0 aromatic heterocycles. The number of halogens is 1. The molecule has 0 saturated carbocycles. The van der Waals surface area contributed by atoms with Crippen LogP contribution >= 0.6 is 0 Å². The second-order valence-corrected chi connectivity index (χ2v) is 4.62. The second-order valence-electron chi connectivity index (χ2n) is 4.62. The van der Waals surface area contributed by atoms with E-state index in [2.05, 4.69) is 28.2 Å². The van der Waals surface area contributed by atoms with Crippen LogP contribution in [0.2, 0.25) is 0 Å². The lowest BCUT2D eigenvalue weighted by atomic mass is 9.95. The first-order chi connectivity index (χ1) is 8.20. The number of rotatable bonds is 3. The summed E-state index contributed by atoms with van der Waals surface area (Å²) in [4.78, 5) is 9.70. The lowest BCUT2D eigenvalue weighted by Crippen LogP contribution is -2.42. The summed E-state index contributed by atoms with van der Waals surface area (Å²) in [5.41, 5.74) is -0.161. The average molecular weight is 239 g/mol. The predicted molar refractivity (Wildman–Crippen MR) is 66.2 cm³/mol. The number of aliphatic imine (C=N–C) groups is 2. The highest BCUT2D eigenvalue weighted by atomic mass is 19.1. The smallest absolute Gasteiger partial charge is 0.315 e. The molecule has 2 rings (SSSR count). The van der Waals surface area contributed by atoms with Crippen molar-refractivity contribution >= 4 is 12.7 Å². The quantitative estimate of drug-likeness (QED) is 0.556. The van der Waals surface area contributed by atoms with Gasteiger partial charge in [-0.25, -0.2) is 14.4 Å². The standard InChI is InChI=1S/C12H18FN3O/c1-3-15-11(14-2)17-9-12-5-4-6-16(12)8-10(13)7-12/h3,10H,1-2,4-9H2/t10-,12+/m1/s1. The fraction of sp³-hybridized carbons (Fsp3) is 0.667. The van der Waals surface area contributed by atoms with Crippen LogP contribution in [-0.2, 0) is 4.74 Å². The zero-order valence-electron chi connectivity index (χ0n) is 9.94. The van der Waals surface area contributed by atoms with Crippen LogP contribution < -0.4 is 0 Å². The van der Waals surface area contributed by atoms with Crippen molar-refractivity contribution in [1.82, 2.24) is 4.90 Å². The van der Waals surface area contributed by atoms with Gasteiger partial charge in [0.05, 0.1) is 5.54 Å². The minimum Gasteiger partial charge on any atom is -0.462 e. The third-order valence-corrected chi connectivity index (χ3v) is 3.57. The van der Waals surface area contributed by atoms with E-state index in [-0.39, 0.29) is 11.6 Å². The average Bonchev–Trinajstić information content (AvgIpc) is 2.80. The molecule has 2 atom stereocenters. The minimum absolute atomic E-state index is 0.161. The van der Waals surface area contributed by atoms with Gasteiger partial charge in [-0.15, -0.1) is 0 Å². The van der Waals surface area contributed by atoms with Gasteiger partial charge in [0, 0.05) is 19.2 Å². The highest BCUT2D eigenvalue weighted by Gasteiger charge is 2.49. The number of nitrogens with zero attached hydrogens (tertiary/aromatic N) is 3. The first-order valence-corrected chi connectivity index (χ1v) is 5.87. The van der Waals surface area contributed by atoms with Gasteiger partial charge in [0.15, 0.2) is 0 Å². The summed E-state index contributed by atoms with van der Waals surface area (Å²) in [6, 6.07) is 0.212. The van der Waals surface area contributed by atoms with Crippen molar-refractivity contribution in [2.75, 3.05) is 19.7 Å². The SMILES string of the molecule is C=CN=C(N=C)OC[C@@]12CCCN1C[C@H](F)C2. The third-order valence-electron chi connectivity index (χ3n) is 3.57. The number of hydrogen-bond donors (Lipinski definition) is 0. The Labute approximate surface area is 101 Å². The van der Waals surface area contributed by atoms with Gasteiger partial charge in [0.1, 0.15) is 12.8 Å². The van der Waals surface area contributed by atoms with Crippen LogP contribution in [0.25, 0.3) is 0 Å². The van der Waals surface area contributed by atoms with Crippen molar-refractivity contribution in [2.24, 2.45) is 9.98 Å². The molecule has 94 valence electrons. The van der Waals surface area contributed by atoms with E-state index in [0.717, 1.165) is 19.4 Å². The molecule has 0 N–H and O–H groups in total.